The van der Waals surface area contributed by atoms with E-state index in [1.165, 1.54) is 22.3 Å². The minimum atomic E-state index is 0. The SMILES string of the molecule is C=CCC1c2[c-]cccc2-c2ccccc21.[Cl-].[Cl-].[Zr+3]. The van der Waals surface area contributed by atoms with E-state index in [2.05, 4.69) is 49.0 Å². The van der Waals surface area contributed by atoms with Gasteiger partial charge in [0.15, 0.2) is 0 Å². The molecule has 0 saturated heterocycles. The maximum Gasteiger partial charge on any atom is 3.00 e. The van der Waals surface area contributed by atoms with E-state index in [9.17, 15) is 0 Å². The summed E-state index contributed by atoms with van der Waals surface area (Å²) < 4.78 is 0. The Labute approximate surface area is 146 Å². The summed E-state index contributed by atoms with van der Waals surface area (Å²) in [7, 11) is 0. The topological polar surface area (TPSA) is 0 Å². The molecule has 0 fully saturated rings. The predicted octanol–water partition coefficient (Wildman–Crippen LogP) is -1.82. The molecule has 0 spiro atoms. The summed E-state index contributed by atoms with van der Waals surface area (Å²) in [6, 6.07) is 18.3. The van der Waals surface area contributed by atoms with Crippen LogP contribution in [0.5, 0.6) is 0 Å². The monoisotopic (exact) mass is 365 g/mol. The molecule has 3 heteroatoms. The first kappa shape index (κ1) is 18.6. The molecule has 0 amide bonds. The van der Waals surface area contributed by atoms with Gasteiger partial charge in [0.2, 0.25) is 0 Å². The fraction of sp³-hybridized carbons (Fsp3) is 0.125. The van der Waals surface area contributed by atoms with Crippen LogP contribution >= 0.6 is 0 Å². The van der Waals surface area contributed by atoms with Crippen LogP contribution in [-0.2, 0) is 26.2 Å². The number of halogens is 2. The Kier molecular flexibility index (Phi) is 7.90. The minimum absolute atomic E-state index is 0. The van der Waals surface area contributed by atoms with E-state index in [4.69, 9.17) is 0 Å². The molecule has 1 unspecified atom stereocenters. The van der Waals surface area contributed by atoms with Crippen molar-refractivity contribution in [3.05, 3.63) is 72.3 Å². The van der Waals surface area contributed by atoms with E-state index >= 15 is 0 Å². The van der Waals surface area contributed by atoms with Gasteiger partial charge in [-0.05, 0) is 17.9 Å². The maximum atomic E-state index is 3.86. The standard InChI is InChI=1S/C16H13.2ClH.Zr/c1-2-7-12-13-8-3-5-10-15(13)16-11-6-4-9-14(12)16;;;/h2-6,8,10-12H,1,7H2;2*1H;/q-1;;;+3/p-2. The second-order valence-corrected chi connectivity index (χ2v) is 4.16. The van der Waals surface area contributed by atoms with Gasteiger partial charge in [0.05, 0.1) is 0 Å². The molecule has 1 atom stereocenters. The molecular formula is C16H13Cl2Zr. The molecule has 0 N–H and O–H groups in total. The first-order valence-electron chi connectivity index (χ1n) is 5.62. The predicted molar refractivity (Wildman–Crippen MR) is 67.4 cm³/mol. The van der Waals surface area contributed by atoms with Crippen molar-refractivity contribution in [1.82, 2.24) is 0 Å². The average molecular weight is 367 g/mol. The van der Waals surface area contributed by atoms with Gasteiger partial charge in [-0.1, -0.05) is 35.9 Å². The Balaban J connectivity index is 0.00000108. The van der Waals surface area contributed by atoms with Crippen molar-refractivity contribution < 1.29 is 51.0 Å². The number of hydrogen-bond acceptors (Lipinski definition) is 0. The third-order valence-corrected chi connectivity index (χ3v) is 3.27. The summed E-state index contributed by atoms with van der Waals surface area (Å²) in [6.45, 7) is 3.86. The van der Waals surface area contributed by atoms with E-state index in [-0.39, 0.29) is 51.0 Å². The van der Waals surface area contributed by atoms with Crippen LogP contribution in [0.3, 0.4) is 0 Å². The van der Waals surface area contributed by atoms with Crippen LogP contribution in [0.1, 0.15) is 23.5 Å². The Morgan fingerprint density at radius 3 is 2.47 bits per heavy atom. The van der Waals surface area contributed by atoms with Gasteiger partial charge in [-0.25, -0.2) is 0 Å². The molecule has 1 radical (unpaired) electrons. The van der Waals surface area contributed by atoms with Crippen LogP contribution in [0.15, 0.2) is 55.1 Å². The van der Waals surface area contributed by atoms with Crippen molar-refractivity contribution in [2.45, 2.75) is 12.3 Å². The van der Waals surface area contributed by atoms with Crippen LogP contribution in [-0.4, -0.2) is 0 Å². The molecule has 19 heavy (non-hydrogen) atoms. The Morgan fingerprint density at radius 1 is 1.05 bits per heavy atom. The first-order valence-corrected chi connectivity index (χ1v) is 5.62. The second-order valence-electron chi connectivity index (χ2n) is 4.16. The Bertz CT molecular complexity index is 506. The number of benzene rings is 2. The van der Waals surface area contributed by atoms with Crippen molar-refractivity contribution in [2.24, 2.45) is 0 Å². The van der Waals surface area contributed by atoms with Crippen molar-refractivity contribution in [2.75, 3.05) is 0 Å². The van der Waals surface area contributed by atoms with Crippen molar-refractivity contribution in [1.29, 1.82) is 0 Å². The summed E-state index contributed by atoms with van der Waals surface area (Å²) in [5.74, 6) is 0.449. The first-order chi connectivity index (χ1) is 7.92. The third-order valence-electron chi connectivity index (χ3n) is 3.27. The largest absolute Gasteiger partial charge is 3.00 e. The number of rotatable bonds is 2. The van der Waals surface area contributed by atoms with Crippen molar-refractivity contribution in [3.63, 3.8) is 0 Å². The number of hydrogen-bond donors (Lipinski definition) is 0. The molecule has 1 aliphatic rings. The van der Waals surface area contributed by atoms with Gasteiger partial charge in [-0.2, -0.15) is 24.3 Å². The minimum Gasteiger partial charge on any atom is -1.00 e. The smallest absolute Gasteiger partial charge is 1.00 e. The summed E-state index contributed by atoms with van der Waals surface area (Å²) in [4.78, 5) is 0. The summed E-state index contributed by atoms with van der Waals surface area (Å²) in [5.41, 5.74) is 5.44. The molecule has 0 aromatic heterocycles. The van der Waals surface area contributed by atoms with Gasteiger partial charge in [-0.3, -0.25) is 0 Å². The third kappa shape index (κ3) is 3.22. The van der Waals surface area contributed by atoms with Crippen LogP contribution in [0, 0.1) is 6.07 Å². The zero-order valence-corrected chi connectivity index (χ0v) is 14.3. The van der Waals surface area contributed by atoms with E-state index in [1.54, 1.807) is 0 Å². The maximum absolute atomic E-state index is 3.86. The van der Waals surface area contributed by atoms with Gasteiger partial charge in [0, 0.05) is 0 Å². The molecule has 0 aliphatic heterocycles. The fourth-order valence-corrected chi connectivity index (χ4v) is 2.59. The van der Waals surface area contributed by atoms with E-state index in [0.717, 1.165) is 6.42 Å². The summed E-state index contributed by atoms with van der Waals surface area (Å²) in [5, 5.41) is 0. The van der Waals surface area contributed by atoms with Crippen LogP contribution in [0.25, 0.3) is 11.1 Å². The molecule has 2 aromatic rings. The quantitative estimate of drug-likeness (QED) is 0.433. The zero-order valence-electron chi connectivity index (χ0n) is 10.4. The van der Waals surface area contributed by atoms with Gasteiger partial charge >= 0.3 is 26.2 Å². The van der Waals surface area contributed by atoms with Gasteiger partial charge in [0.1, 0.15) is 0 Å². The van der Waals surface area contributed by atoms with Crippen LogP contribution in [0.2, 0.25) is 0 Å². The van der Waals surface area contributed by atoms with Gasteiger partial charge < -0.3 is 24.8 Å². The summed E-state index contributed by atoms with van der Waals surface area (Å²) >= 11 is 0. The molecule has 3 rings (SSSR count). The Hall–Kier alpha value is -0.357. The van der Waals surface area contributed by atoms with E-state index in [1.807, 2.05) is 12.1 Å². The van der Waals surface area contributed by atoms with Crippen LogP contribution < -0.4 is 24.8 Å². The summed E-state index contributed by atoms with van der Waals surface area (Å²) in [6.07, 6.45) is 2.99. The molecular weight excluding hydrogens is 354 g/mol. The normalized spacial score (nSPS) is 14.0. The van der Waals surface area contributed by atoms with Gasteiger partial charge in [-0.15, -0.1) is 17.7 Å². The van der Waals surface area contributed by atoms with Crippen molar-refractivity contribution in [3.8, 4) is 11.1 Å². The van der Waals surface area contributed by atoms with Gasteiger partial charge in [0.25, 0.3) is 0 Å². The number of fused-ring (bicyclic) bond motifs is 3. The van der Waals surface area contributed by atoms with Crippen LogP contribution in [0.4, 0.5) is 0 Å². The zero-order chi connectivity index (χ0) is 11.0. The molecule has 0 nitrogen and oxygen atoms in total. The molecule has 0 saturated carbocycles. The second kappa shape index (κ2) is 8.05. The molecule has 2 aromatic carbocycles. The fourth-order valence-electron chi connectivity index (χ4n) is 2.59. The average Bonchev–Trinajstić information content (AvgIpc) is 2.66. The number of allylic oxidation sites excluding steroid dienone is 1. The molecule has 0 bridgehead atoms. The molecule has 0 heterocycles. The van der Waals surface area contributed by atoms with E-state index < -0.39 is 0 Å². The Morgan fingerprint density at radius 2 is 1.74 bits per heavy atom. The van der Waals surface area contributed by atoms with E-state index in [0.29, 0.717) is 5.92 Å². The molecule has 1 aliphatic carbocycles. The van der Waals surface area contributed by atoms with Crippen molar-refractivity contribution >= 4 is 0 Å². The molecule has 95 valence electrons.